The van der Waals surface area contributed by atoms with Crippen LogP contribution in [0.25, 0.3) is 0 Å². The predicted octanol–water partition coefficient (Wildman–Crippen LogP) is 2.79. The minimum Gasteiger partial charge on any atom is -0.362 e. The normalized spacial score (nSPS) is 13.8. The Balaban J connectivity index is 0. The quantitative estimate of drug-likeness (QED) is 0.594. The molecule has 2 nitrogen and oxygen atoms in total. The second-order valence-corrected chi connectivity index (χ2v) is 2.07. The van der Waals surface area contributed by atoms with Crippen LogP contribution in [-0.4, -0.2) is 30.9 Å². The standard InChI is InChI=1S/C6H12N2.2C2H6/c1-3-6-7-4-5-8(6)2;2*1-2/h3-5H2,1-2H3;2*1-2H3. The highest BCUT2D eigenvalue weighted by atomic mass is 15.2. The molecular weight excluding hydrogens is 148 g/mol. The lowest BCUT2D eigenvalue weighted by Gasteiger charge is -2.10. The molecule has 74 valence electrons. The molecule has 2 heteroatoms. The summed E-state index contributed by atoms with van der Waals surface area (Å²) in [7, 11) is 2.09. The molecule has 0 saturated heterocycles. The van der Waals surface area contributed by atoms with E-state index in [0.717, 1.165) is 19.5 Å². The van der Waals surface area contributed by atoms with Gasteiger partial charge in [0.25, 0.3) is 0 Å². The average Bonchev–Trinajstić information content (AvgIpc) is 2.58. The Morgan fingerprint density at radius 1 is 1.25 bits per heavy atom. The van der Waals surface area contributed by atoms with Crippen LogP contribution in [0, 0.1) is 0 Å². The molecule has 0 unspecified atom stereocenters. The molecule has 0 aliphatic carbocycles. The first-order chi connectivity index (χ1) is 5.84. The monoisotopic (exact) mass is 172 g/mol. The van der Waals surface area contributed by atoms with Gasteiger partial charge in [-0.3, -0.25) is 4.99 Å². The molecule has 0 aromatic rings. The lowest BCUT2D eigenvalue weighted by atomic mass is 10.4. The van der Waals surface area contributed by atoms with Crippen LogP contribution in [0.4, 0.5) is 0 Å². The van der Waals surface area contributed by atoms with Gasteiger partial charge in [-0.05, 0) is 0 Å². The minimum atomic E-state index is 1.000. The Labute approximate surface area is 77.7 Å². The predicted molar refractivity (Wildman–Crippen MR) is 57.9 cm³/mol. The van der Waals surface area contributed by atoms with E-state index in [9.17, 15) is 0 Å². The molecule has 1 aliphatic rings. The number of likely N-dealkylation sites (N-methyl/N-ethyl adjacent to an activating group) is 1. The first-order valence-corrected chi connectivity index (χ1v) is 5.09. The molecule has 1 heterocycles. The Kier molecular flexibility index (Phi) is 12.2. The third kappa shape index (κ3) is 5.16. The number of hydrogen-bond donors (Lipinski definition) is 0. The van der Waals surface area contributed by atoms with Gasteiger partial charge in [-0.15, -0.1) is 0 Å². The molecule has 0 saturated carbocycles. The lowest BCUT2D eigenvalue weighted by Crippen LogP contribution is -2.21. The van der Waals surface area contributed by atoms with Crippen molar-refractivity contribution in [3.05, 3.63) is 0 Å². The lowest BCUT2D eigenvalue weighted by molar-refractivity contribution is 0.547. The summed E-state index contributed by atoms with van der Waals surface area (Å²) in [6, 6.07) is 0. The van der Waals surface area contributed by atoms with Crippen LogP contribution in [0.1, 0.15) is 41.0 Å². The van der Waals surface area contributed by atoms with Gasteiger partial charge in [0.2, 0.25) is 0 Å². The first kappa shape index (κ1) is 14.0. The van der Waals surface area contributed by atoms with Crippen molar-refractivity contribution in [1.82, 2.24) is 4.90 Å². The molecule has 0 radical (unpaired) electrons. The van der Waals surface area contributed by atoms with Crippen molar-refractivity contribution >= 4 is 5.84 Å². The number of aliphatic imine (C=N–C) groups is 1. The Morgan fingerprint density at radius 3 is 1.92 bits per heavy atom. The first-order valence-electron chi connectivity index (χ1n) is 5.09. The van der Waals surface area contributed by atoms with Crippen molar-refractivity contribution in [2.45, 2.75) is 41.0 Å². The van der Waals surface area contributed by atoms with Crippen molar-refractivity contribution in [2.75, 3.05) is 20.1 Å². The highest BCUT2D eigenvalue weighted by Gasteiger charge is 2.07. The van der Waals surface area contributed by atoms with Gasteiger partial charge in [-0.2, -0.15) is 0 Å². The van der Waals surface area contributed by atoms with Gasteiger partial charge >= 0.3 is 0 Å². The van der Waals surface area contributed by atoms with Crippen LogP contribution in [0.2, 0.25) is 0 Å². The molecule has 0 aromatic carbocycles. The molecule has 1 rings (SSSR count). The summed E-state index contributed by atoms with van der Waals surface area (Å²) in [5.41, 5.74) is 0. The van der Waals surface area contributed by atoms with Gasteiger partial charge in [0.15, 0.2) is 0 Å². The average molecular weight is 172 g/mol. The SMILES string of the molecule is CC.CC.CCC1=NCCN1C. The van der Waals surface area contributed by atoms with E-state index < -0.39 is 0 Å². The number of hydrogen-bond acceptors (Lipinski definition) is 2. The summed E-state index contributed by atoms with van der Waals surface area (Å²) < 4.78 is 0. The maximum absolute atomic E-state index is 4.28. The summed E-state index contributed by atoms with van der Waals surface area (Å²) in [4.78, 5) is 6.49. The fourth-order valence-corrected chi connectivity index (χ4v) is 0.961. The van der Waals surface area contributed by atoms with Crippen LogP contribution in [0.3, 0.4) is 0 Å². The number of rotatable bonds is 1. The number of amidine groups is 1. The van der Waals surface area contributed by atoms with E-state index >= 15 is 0 Å². The van der Waals surface area contributed by atoms with Gasteiger partial charge in [-0.25, -0.2) is 0 Å². The second kappa shape index (κ2) is 10.5. The van der Waals surface area contributed by atoms with E-state index in [1.807, 2.05) is 27.7 Å². The van der Waals surface area contributed by atoms with Crippen molar-refractivity contribution in [2.24, 2.45) is 4.99 Å². The maximum Gasteiger partial charge on any atom is 0.0984 e. The van der Waals surface area contributed by atoms with Crippen molar-refractivity contribution in [1.29, 1.82) is 0 Å². The molecule has 0 amide bonds. The zero-order valence-electron chi connectivity index (χ0n) is 9.52. The largest absolute Gasteiger partial charge is 0.362 e. The summed E-state index contributed by atoms with van der Waals surface area (Å²) in [5, 5.41) is 0. The van der Waals surface area contributed by atoms with Gasteiger partial charge in [0.05, 0.1) is 12.4 Å². The highest BCUT2D eigenvalue weighted by Crippen LogP contribution is 1.99. The number of nitrogens with zero attached hydrogens (tertiary/aromatic N) is 2. The minimum absolute atomic E-state index is 1.000. The second-order valence-electron chi connectivity index (χ2n) is 2.07. The van der Waals surface area contributed by atoms with E-state index in [-0.39, 0.29) is 0 Å². The Bertz CT molecular complexity index is 108. The van der Waals surface area contributed by atoms with Crippen LogP contribution < -0.4 is 0 Å². The zero-order chi connectivity index (χ0) is 9.98. The van der Waals surface area contributed by atoms with Gasteiger partial charge in [0, 0.05) is 20.0 Å². The summed E-state index contributed by atoms with van der Waals surface area (Å²) >= 11 is 0. The maximum atomic E-state index is 4.28. The van der Waals surface area contributed by atoms with Crippen LogP contribution in [0.15, 0.2) is 4.99 Å². The Morgan fingerprint density at radius 2 is 1.75 bits per heavy atom. The molecule has 0 N–H and O–H groups in total. The molecule has 12 heavy (non-hydrogen) atoms. The summed E-state index contributed by atoms with van der Waals surface area (Å²) in [6.07, 6.45) is 1.08. The third-order valence-electron chi connectivity index (χ3n) is 1.49. The fourth-order valence-electron chi connectivity index (χ4n) is 0.961. The van der Waals surface area contributed by atoms with Gasteiger partial charge < -0.3 is 4.90 Å². The van der Waals surface area contributed by atoms with E-state index in [4.69, 9.17) is 0 Å². The molecule has 0 bridgehead atoms. The van der Waals surface area contributed by atoms with Crippen LogP contribution >= 0.6 is 0 Å². The smallest absolute Gasteiger partial charge is 0.0984 e. The topological polar surface area (TPSA) is 15.6 Å². The van der Waals surface area contributed by atoms with Gasteiger partial charge in [-0.1, -0.05) is 34.6 Å². The highest BCUT2D eigenvalue weighted by molar-refractivity contribution is 5.83. The Hall–Kier alpha value is -0.530. The van der Waals surface area contributed by atoms with Crippen molar-refractivity contribution in [3.63, 3.8) is 0 Å². The van der Waals surface area contributed by atoms with E-state index in [0.29, 0.717) is 0 Å². The molecule has 0 spiro atoms. The molecule has 1 aliphatic heterocycles. The van der Waals surface area contributed by atoms with E-state index in [2.05, 4.69) is 23.9 Å². The molecule has 0 fully saturated rings. The summed E-state index contributed by atoms with van der Waals surface area (Å²) in [5.74, 6) is 1.25. The molecular formula is C10H24N2. The van der Waals surface area contributed by atoms with E-state index in [1.54, 1.807) is 0 Å². The molecule has 0 atom stereocenters. The third-order valence-corrected chi connectivity index (χ3v) is 1.49. The van der Waals surface area contributed by atoms with Crippen LogP contribution in [0.5, 0.6) is 0 Å². The van der Waals surface area contributed by atoms with Gasteiger partial charge in [0.1, 0.15) is 0 Å². The van der Waals surface area contributed by atoms with Crippen molar-refractivity contribution < 1.29 is 0 Å². The molecule has 0 aromatic heterocycles. The zero-order valence-corrected chi connectivity index (χ0v) is 9.52. The van der Waals surface area contributed by atoms with Crippen LogP contribution in [-0.2, 0) is 0 Å². The summed E-state index contributed by atoms with van der Waals surface area (Å²) in [6.45, 7) is 12.3. The fraction of sp³-hybridized carbons (Fsp3) is 0.900. The van der Waals surface area contributed by atoms with Crippen molar-refractivity contribution in [3.8, 4) is 0 Å². The van der Waals surface area contributed by atoms with E-state index in [1.165, 1.54) is 5.84 Å².